The summed E-state index contributed by atoms with van der Waals surface area (Å²) in [5.74, 6) is -0.278. The largest absolute Gasteiger partial charge is 0.384 e. The van der Waals surface area contributed by atoms with E-state index in [0.717, 1.165) is 16.7 Å². The second kappa shape index (κ2) is 7.16. The summed E-state index contributed by atoms with van der Waals surface area (Å²) in [5.41, 5.74) is 2.44. The number of rotatable bonds is 5. The molecule has 2 nitrogen and oxygen atoms in total. The van der Waals surface area contributed by atoms with Gasteiger partial charge in [0.25, 0.3) is 0 Å². The van der Waals surface area contributed by atoms with E-state index in [4.69, 9.17) is 0 Å². The summed E-state index contributed by atoms with van der Waals surface area (Å²) in [4.78, 5) is 2.02. The molecule has 1 N–H and O–H groups in total. The van der Waals surface area contributed by atoms with Gasteiger partial charge in [0, 0.05) is 6.54 Å². The van der Waals surface area contributed by atoms with E-state index in [-0.39, 0.29) is 5.82 Å². The number of hydrogen-bond acceptors (Lipinski definition) is 2. The van der Waals surface area contributed by atoms with Crippen molar-refractivity contribution in [3.63, 3.8) is 0 Å². The lowest BCUT2D eigenvalue weighted by Gasteiger charge is -2.17. The van der Waals surface area contributed by atoms with Gasteiger partial charge in [-0.05, 0) is 42.9 Å². The molecule has 0 aliphatic heterocycles. The van der Waals surface area contributed by atoms with Crippen LogP contribution in [0, 0.1) is 5.82 Å². The first-order chi connectivity index (χ1) is 10.1. The Morgan fingerprint density at radius 2 is 1.71 bits per heavy atom. The van der Waals surface area contributed by atoms with Gasteiger partial charge >= 0.3 is 0 Å². The van der Waals surface area contributed by atoms with Crippen molar-refractivity contribution in [1.82, 2.24) is 4.90 Å². The molecule has 1 unspecified atom stereocenters. The fourth-order valence-electron chi connectivity index (χ4n) is 2.13. The summed E-state index contributed by atoms with van der Waals surface area (Å²) in [6, 6.07) is 15.7. The number of hydrogen-bond donors (Lipinski definition) is 1. The summed E-state index contributed by atoms with van der Waals surface area (Å²) >= 11 is 0. The maximum atomic E-state index is 13.1. The lowest BCUT2D eigenvalue weighted by molar-refractivity contribution is 0.237. The van der Waals surface area contributed by atoms with Crippen LogP contribution in [0.2, 0.25) is 0 Å². The molecule has 0 saturated heterocycles. The molecule has 0 aromatic heterocycles. The van der Waals surface area contributed by atoms with Crippen molar-refractivity contribution in [1.29, 1.82) is 0 Å². The Bertz CT molecular complexity index is 590. The lowest BCUT2D eigenvalue weighted by Crippen LogP contribution is -2.12. The van der Waals surface area contributed by atoms with Gasteiger partial charge in [-0.3, -0.25) is 0 Å². The zero-order valence-electron chi connectivity index (χ0n) is 12.3. The Balaban J connectivity index is 2.36. The molecule has 110 valence electrons. The Morgan fingerprint density at radius 3 is 2.29 bits per heavy atom. The van der Waals surface area contributed by atoms with E-state index in [1.165, 1.54) is 12.1 Å². The van der Waals surface area contributed by atoms with Crippen molar-refractivity contribution < 1.29 is 9.50 Å². The van der Waals surface area contributed by atoms with Crippen molar-refractivity contribution in [3.8, 4) is 0 Å². The van der Waals surface area contributed by atoms with Crippen LogP contribution < -0.4 is 0 Å². The quantitative estimate of drug-likeness (QED) is 0.909. The van der Waals surface area contributed by atoms with Crippen LogP contribution in [0.5, 0.6) is 0 Å². The summed E-state index contributed by atoms with van der Waals surface area (Å²) < 4.78 is 13.1. The van der Waals surface area contributed by atoms with E-state index in [9.17, 15) is 9.50 Å². The number of halogens is 1. The minimum atomic E-state index is -0.725. The van der Waals surface area contributed by atoms with Crippen LogP contribution in [0.3, 0.4) is 0 Å². The molecule has 0 spiro atoms. The van der Waals surface area contributed by atoms with Crippen LogP contribution in [0.15, 0.2) is 60.7 Å². The van der Waals surface area contributed by atoms with Crippen molar-refractivity contribution in [2.45, 2.75) is 6.10 Å². The Labute approximate surface area is 125 Å². The highest BCUT2D eigenvalue weighted by atomic mass is 19.1. The van der Waals surface area contributed by atoms with Gasteiger partial charge < -0.3 is 10.0 Å². The lowest BCUT2D eigenvalue weighted by atomic mass is 9.95. The molecule has 21 heavy (non-hydrogen) atoms. The second-order valence-electron chi connectivity index (χ2n) is 5.24. The fourth-order valence-corrected chi connectivity index (χ4v) is 2.13. The van der Waals surface area contributed by atoms with Crippen molar-refractivity contribution >= 4 is 5.57 Å². The van der Waals surface area contributed by atoms with Gasteiger partial charge in [-0.2, -0.15) is 0 Å². The average molecular weight is 285 g/mol. The minimum absolute atomic E-state index is 0.278. The van der Waals surface area contributed by atoms with Gasteiger partial charge in [-0.25, -0.2) is 4.39 Å². The Hall–Kier alpha value is -1.97. The zero-order valence-corrected chi connectivity index (χ0v) is 12.3. The standard InChI is InChI=1S/C18H20FNO/c1-20(2)13-12-17(14-8-10-16(19)11-9-14)18(21)15-6-4-3-5-7-15/h3-12,18,21H,13H2,1-2H3. The third-order valence-corrected chi connectivity index (χ3v) is 3.26. The third kappa shape index (κ3) is 4.25. The van der Waals surface area contributed by atoms with E-state index in [1.807, 2.05) is 55.4 Å². The van der Waals surface area contributed by atoms with E-state index in [2.05, 4.69) is 0 Å². The number of benzene rings is 2. The summed E-state index contributed by atoms with van der Waals surface area (Å²) in [6.07, 6.45) is 1.25. The van der Waals surface area contributed by atoms with Crippen molar-refractivity contribution in [2.24, 2.45) is 0 Å². The van der Waals surface area contributed by atoms with Gasteiger partial charge in [0.15, 0.2) is 0 Å². The highest BCUT2D eigenvalue weighted by Gasteiger charge is 2.15. The Morgan fingerprint density at radius 1 is 1.10 bits per heavy atom. The summed E-state index contributed by atoms with van der Waals surface area (Å²) in [7, 11) is 3.93. The number of likely N-dealkylation sites (N-methyl/N-ethyl adjacent to an activating group) is 1. The van der Waals surface area contributed by atoms with E-state index >= 15 is 0 Å². The first-order valence-electron chi connectivity index (χ1n) is 6.91. The molecule has 0 fully saturated rings. The van der Waals surface area contributed by atoms with E-state index in [0.29, 0.717) is 6.54 Å². The van der Waals surface area contributed by atoms with E-state index < -0.39 is 6.10 Å². The van der Waals surface area contributed by atoms with Gasteiger partial charge in [-0.1, -0.05) is 48.5 Å². The van der Waals surface area contributed by atoms with E-state index in [1.54, 1.807) is 12.1 Å². The SMILES string of the molecule is CN(C)CC=C(c1ccc(F)cc1)C(O)c1ccccc1. The number of nitrogens with zero attached hydrogens (tertiary/aromatic N) is 1. The molecular weight excluding hydrogens is 265 g/mol. The number of aliphatic hydroxyl groups is 1. The molecule has 0 saturated carbocycles. The third-order valence-electron chi connectivity index (χ3n) is 3.26. The smallest absolute Gasteiger partial charge is 0.123 e. The maximum Gasteiger partial charge on any atom is 0.123 e. The molecule has 0 amide bonds. The predicted octanol–water partition coefficient (Wildman–Crippen LogP) is 3.50. The summed E-state index contributed by atoms with van der Waals surface area (Å²) in [5, 5.41) is 10.6. The topological polar surface area (TPSA) is 23.5 Å². The average Bonchev–Trinajstić information content (AvgIpc) is 2.49. The minimum Gasteiger partial charge on any atom is -0.384 e. The maximum absolute atomic E-state index is 13.1. The second-order valence-corrected chi connectivity index (χ2v) is 5.24. The van der Waals surface area contributed by atoms with Crippen molar-refractivity contribution in [2.75, 3.05) is 20.6 Å². The van der Waals surface area contributed by atoms with Gasteiger partial charge in [0.05, 0.1) is 0 Å². The molecule has 0 aliphatic rings. The first-order valence-corrected chi connectivity index (χ1v) is 6.91. The molecule has 0 aliphatic carbocycles. The molecule has 3 heteroatoms. The monoisotopic (exact) mass is 285 g/mol. The molecular formula is C18H20FNO. The highest BCUT2D eigenvalue weighted by molar-refractivity contribution is 5.70. The number of aliphatic hydroxyl groups excluding tert-OH is 1. The normalized spacial score (nSPS) is 13.5. The van der Waals surface area contributed by atoms with Crippen LogP contribution in [0.25, 0.3) is 5.57 Å². The van der Waals surface area contributed by atoms with Crippen LogP contribution in [-0.2, 0) is 0 Å². The molecule has 1 atom stereocenters. The Kier molecular flexibility index (Phi) is 5.26. The van der Waals surface area contributed by atoms with Crippen LogP contribution >= 0.6 is 0 Å². The van der Waals surface area contributed by atoms with Gasteiger partial charge in [0.1, 0.15) is 11.9 Å². The molecule has 2 rings (SSSR count). The zero-order chi connectivity index (χ0) is 15.2. The van der Waals surface area contributed by atoms with Crippen LogP contribution in [0.1, 0.15) is 17.2 Å². The van der Waals surface area contributed by atoms with Crippen LogP contribution in [-0.4, -0.2) is 30.6 Å². The molecule has 0 bridgehead atoms. The predicted molar refractivity (Wildman–Crippen MR) is 84.3 cm³/mol. The molecule has 2 aromatic rings. The summed E-state index contributed by atoms with van der Waals surface area (Å²) in [6.45, 7) is 0.705. The van der Waals surface area contributed by atoms with Gasteiger partial charge in [-0.15, -0.1) is 0 Å². The fraction of sp³-hybridized carbons (Fsp3) is 0.222. The first kappa shape index (κ1) is 15.4. The van der Waals surface area contributed by atoms with Crippen molar-refractivity contribution in [3.05, 3.63) is 77.6 Å². The van der Waals surface area contributed by atoms with Gasteiger partial charge in [0.2, 0.25) is 0 Å². The van der Waals surface area contributed by atoms with Crippen LogP contribution in [0.4, 0.5) is 4.39 Å². The molecule has 2 aromatic carbocycles. The molecule has 0 radical (unpaired) electrons. The highest BCUT2D eigenvalue weighted by Crippen LogP contribution is 2.29. The molecule has 0 heterocycles.